The number of fused-ring (bicyclic) bond motifs is 1. The maximum Gasteiger partial charge on any atom is 0.326 e. The van der Waals surface area contributed by atoms with Crippen LogP contribution in [0.15, 0.2) is 58.7 Å². The van der Waals surface area contributed by atoms with Crippen LogP contribution in [-0.4, -0.2) is 46.6 Å². The third kappa shape index (κ3) is 4.41. The average molecular weight is 501 g/mol. The molecule has 0 bridgehead atoms. The van der Waals surface area contributed by atoms with Gasteiger partial charge in [0, 0.05) is 30.2 Å². The number of imidazole rings is 1. The quantitative estimate of drug-likeness (QED) is 0.274. The number of pyridine rings is 1. The molecule has 1 amide bonds. The Morgan fingerprint density at radius 1 is 1.28 bits per heavy atom. The fourth-order valence-corrected chi connectivity index (χ4v) is 4.58. The number of aromatic hydroxyl groups is 1. The first kappa shape index (κ1) is 21.9. The smallest absolute Gasteiger partial charge is 0.326 e. The van der Waals surface area contributed by atoms with E-state index < -0.39 is 5.69 Å². The van der Waals surface area contributed by atoms with Crippen LogP contribution >= 0.6 is 11.3 Å². The highest BCUT2D eigenvalue weighted by molar-refractivity contribution is 7.17. The number of thiophene rings is 1. The summed E-state index contributed by atoms with van der Waals surface area (Å²) in [5.74, 6) is -0.442. The second-order valence-corrected chi connectivity index (χ2v) is 9.47. The Morgan fingerprint density at radius 3 is 2.92 bits per heavy atom. The standard InChI is InChI=1S/C24H20N8O3S/c33-22-17(30-24(35)31-22)8-14-12-27-32-20(28-15-3-4-15)9-16(29-21(14)32)18-5-6-19(36-18)23(34)26-11-13-2-1-7-25-10-13/h1-2,5-10,12,15,33H,3-4,11H2,(H,26,34)(H2,30,31,35). The van der Waals surface area contributed by atoms with Crippen molar-refractivity contribution in [3.8, 4) is 16.5 Å². The van der Waals surface area contributed by atoms with Gasteiger partial charge >= 0.3 is 5.69 Å². The minimum atomic E-state index is -0.513. The minimum absolute atomic E-state index is 0.177. The third-order valence-electron chi connectivity index (χ3n) is 5.64. The van der Waals surface area contributed by atoms with Gasteiger partial charge < -0.3 is 15.4 Å². The van der Waals surface area contributed by atoms with Crippen molar-refractivity contribution in [2.75, 3.05) is 0 Å². The highest BCUT2D eigenvalue weighted by Crippen LogP contribution is 2.27. The number of nitrogens with one attached hydrogen (secondary N) is 3. The maximum atomic E-state index is 12.7. The molecule has 6 rings (SSSR count). The summed E-state index contributed by atoms with van der Waals surface area (Å²) in [6.45, 7) is 0.387. The van der Waals surface area contributed by atoms with Crippen LogP contribution in [0.5, 0.6) is 5.88 Å². The Bertz CT molecular complexity index is 1760. The molecule has 1 fully saturated rings. The van der Waals surface area contributed by atoms with Crippen molar-refractivity contribution in [1.82, 2.24) is 34.9 Å². The highest BCUT2D eigenvalue weighted by Gasteiger charge is 2.21. The van der Waals surface area contributed by atoms with E-state index >= 15 is 0 Å². The van der Waals surface area contributed by atoms with Crippen molar-refractivity contribution >= 4 is 29.0 Å². The molecule has 1 aliphatic carbocycles. The van der Waals surface area contributed by atoms with Crippen molar-refractivity contribution in [1.29, 1.82) is 0 Å². The number of aromatic nitrogens is 6. The van der Waals surface area contributed by atoms with Crippen LogP contribution in [0.1, 0.15) is 33.8 Å². The maximum absolute atomic E-state index is 12.7. The molecule has 0 spiro atoms. The molecule has 0 atom stereocenters. The lowest BCUT2D eigenvalue weighted by Gasteiger charge is -2.03. The zero-order valence-corrected chi connectivity index (χ0v) is 19.6. The van der Waals surface area contributed by atoms with Crippen molar-refractivity contribution in [3.05, 3.63) is 86.2 Å². The topological polar surface area (TPSA) is 153 Å². The predicted octanol–water partition coefficient (Wildman–Crippen LogP) is 1.12. The summed E-state index contributed by atoms with van der Waals surface area (Å²) in [6, 6.07) is 9.48. The number of H-pyrrole nitrogens is 2. The van der Waals surface area contributed by atoms with Crippen LogP contribution in [0.25, 0.3) is 22.3 Å². The molecule has 11 nitrogen and oxygen atoms in total. The first-order valence-electron chi connectivity index (χ1n) is 11.3. The van der Waals surface area contributed by atoms with Gasteiger partial charge in [0.2, 0.25) is 5.88 Å². The molecular weight excluding hydrogens is 480 g/mol. The van der Waals surface area contributed by atoms with E-state index in [9.17, 15) is 14.7 Å². The van der Waals surface area contributed by atoms with E-state index in [-0.39, 0.29) is 23.5 Å². The van der Waals surface area contributed by atoms with Gasteiger partial charge in [-0.25, -0.2) is 9.78 Å². The highest BCUT2D eigenvalue weighted by atomic mass is 32.1. The lowest BCUT2D eigenvalue weighted by atomic mass is 10.3. The summed E-state index contributed by atoms with van der Waals surface area (Å²) in [6.07, 6.45) is 8.66. The number of hydrogen-bond donors (Lipinski definition) is 4. The number of carbonyl (C=O) groups is 1. The van der Waals surface area contributed by atoms with E-state index in [4.69, 9.17) is 9.98 Å². The van der Waals surface area contributed by atoms with E-state index in [1.54, 1.807) is 35.2 Å². The van der Waals surface area contributed by atoms with Crippen LogP contribution in [0.3, 0.4) is 0 Å². The summed E-state index contributed by atoms with van der Waals surface area (Å²) in [5.41, 5.74) is 2.46. The van der Waals surface area contributed by atoms with Crippen LogP contribution in [-0.2, 0) is 6.54 Å². The van der Waals surface area contributed by atoms with E-state index in [0.29, 0.717) is 33.5 Å². The van der Waals surface area contributed by atoms with Crippen LogP contribution in [0.2, 0.25) is 0 Å². The molecule has 1 aliphatic rings. The van der Waals surface area contributed by atoms with Crippen LogP contribution in [0.4, 0.5) is 0 Å². The average Bonchev–Trinajstić information content (AvgIpc) is 3.25. The Balaban J connectivity index is 1.38. The van der Waals surface area contributed by atoms with Crippen LogP contribution < -0.4 is 21.7 Å². The number of hydrogen-bond acceptors (Lipinski definition) is 8. The molecule has 0 radical (unpaired) electrons. The van der Waals surface area contributed by atoms with Gasteiger partial charge in [-0.2, -0.15) is 9.61 Å². The summed E-state index contributed by atoms with van der Waals surface area (Å²) >= 11 is 1.34. The molecule has 4 N–H and O–H groups in total. The third-order valence-corrected chi connectivity index (χ3v) is 6.74. The van der Waals surface area contributed by atoms with E-state index in [1.807, 2.05) is 24.3 Å². The molecule has 12 heteroatoms. The Hall–Kier alpha value is -4.58. The fraction of sp³-hybridized carbons (Fsp3) is 0.167. The zero-order valence-electron chi connectivity index (χ0n) is 18.8. The van der Waals surface area contributed by atoms with Crippen molar-refractivity contribution in [2.45, 2.75) is 25.4 Å². The van der Waals surface area contributed by atoms with Crippen molar-refractivity contribution in [3.63, 3.8) is 0 Å². The summed E-state index contributed by atoms with van der Waals surface area (Å²) in [5, 5.41) is 17.9. The van der Waals surface area contributed by atoms with Gasteiger partial charge in [-0.05, 0) is 42.7 Å². The lowest BCUT2D eigenvalue weighted by molar-refractivity contribution is 0.0955. The summed E-state index contributed by atoms with van der Waals surface area (Å²) in [4.78, 5) is 44.1. The second-order valence-electron chi connectivity index (χ2n) is 8.39. The number of nitrogens with zero attached hydrogens (tertiary/aromatic N) is 5. The molecule has 1 saturated carbocycles. The predicted molar refractivity (Wildman–Crippen MR) is 132 cm³/mol. The van der Waals surface area contributed by atoms with E-state index in [1.165, 1.54) is 11.3 Å². The molecule has 0 aromatic carbocycles. The molecule has 180 valence electrons. The van der Waals surface area contributed by atoms with E-state index in [2.05, 4.69) is 25.4 Å². The van der Waals surface area contributed by atoms with Crippen LogP contribution in [0, 0.1) is 0 Å². The largest absolute Gasteiger partial charge is 0.493 e. The number of carbonyl (C=O) groups excluding carboxylic acids is 1. The summed E-state index contributed by atoms with van der Waals surface area (Å²) < 4.78 is 1.64. The number of rotatable bonds is 6. The number of amides is 1. The Kier molecular flexibility index (Phi) is 5.41. The van der Waals surface area contributed by atoms with Gasteiger partial charge in [0.05, 0.1) is 27.7 Å². The van der Waals surface area contributed by atoms with Gasteiger partial charge in [-0.15, -0.1) is 11.3 Å². The molecule has 0 saturated heterocycles. The fourth-order valence-electron chi connectivity index (χ4n) is 3.69. The van der Waals surface area contributed by atoms with Crippen molar-refractivity contribution < 1.29 is 9.90 Å². The van der Waals surface area contributed by atoms with Crippen molar-refractivity contribution in [2.24, 2.45) is 4.99 Å². The summed E-state index contributed by atoms with van der Waals surface area (Å²) in [7, 11) is 0. The SMILES string of the molecule is O=C(NCc1cccnc1)c1ccc(-c2cc(=NC3CC3)n3ncc(=Cc4[nH]c(=O)[nH]c4O)c3n2)s1. The van der Waals surface area contributed by atoms with Gasteiger partial charge in [0.1, 0.15) is 5.69 Å². The zero-order chi connectivity index (χ0) is 24.6. The molecule has 5 aromatic heterocycles. The lowest BCUT2D eigenvalue weighted by Crippen LogP contribution is -2.21. The Labute approximate surface area is 206 Å². The molecule has 0 unspecified atom stereocenters. The normalized spacial score (nSPS) is 14.6. The second kappa shape index (κ2) is 8.89. The first-order chi connectivity index (χ1) is 17.5. The number of aromatic amines is 2. The molecule has 36 heavy (non-hydrogen) atoms. The molecular formula is C24H20N8O3S. The van der Waals surface area contributed by atoms with E-state index in [0.717, 1.165) is 23.3 Å². The monoisotopic (exact) mass is 500 g/mol. The van der Waals surface area contributed by atoms with Gasteiger partial charge in [0.25, 0.3) is 5.91 Å². The van der Waals surface area contributed by atoms with Gasteiger partial charge in [-0.1, -0.05) is 6.07 Å². The van der Waals surface area contributed by atoms with Gasteiger partial charge in [0.15, 0.2) is 11.1 Å². The molecule has 5 aromatic rings. The van der Waals surface area contributed by atoms with Gasteiger partial charge in [-0.3, -0.25) is 19.8 Å². The molecule has 5 heterocycles. The Morgan fingerprint density at radius 2 is 2.17 bits per heavy atom. The minimum Gasteiger partial charge on any atom is -0.493 e. The molecule has 0 aliphatic heterocycles. The first-order valence-corrected chi connectivity index (χ1v) is 12.1.